The number of likely N-dealkylation sites (tertiary alicyclic amines) is 1. The average Bonchev–Trinajstić information content (AvgIpc) is 2.43. The molecule has 21 heavy (non-hydrogen) atoms. The monoisotopic (exact) mass is 293 g/mol. The van der Waals surface area contributed by atoms with Crippen LogP contribution in [0.4, 0.5) is 10.1 Å². The molecule has 5 heteroatoms. The van der Waals surface area contributed by atoms with E-state index in [0.29, 0.717) is 24.7 Å². The van der Waals surface area contributed by atoms with Gasteiger partial charge in [0.15, 0.2) is 0 Å². The number of nitrogens with zero attached hydrogens (tertiary/aromatic N) is 1. The van der Waals surface area contributed by atoms with E-state index in [2.05, 4.69) is 17.1 Å². The molecule has 1 fully saturated rings. The molecule has 116 valence electrons. The fraction of sp³-hybridized carbons (Fsp3) is 0.562. The second-order valence-electron chi connectivity index (χ2n) is 5.90. The maximum atomic E-state index is 13.2. The Bertz CT molecular complexity index is 506. The molecule has 1 amide bonds. The summed E-state index contributed by atoms with van der Waals surface area (Å²) in [6.45, 7) is 5.79. The molecule has 0 bridgehead atoms. The lowest BCUT2D eigenvalue weighted by molar-refractivity contribution is -0.118. The third-order valence-corrected chi connectivity index (χ3v) is 4.29. The lowest BCUT2D eigenvalue weighted by Crippen LogP contribution is -2.51. The minimum absolute atomic E-state index is 0.115. The Morgan fingerprint density at radius 1 is 1.52 bits per heavy atom. The van der Waals surface area contributed by atoms with E-state index < -0.39 is 0 Å². The van der Waals surface area contributed by atoms with E-state index in [4.69, 9.17) is 5.73 Å². The third kappa shape index (κ3) is 4.02. The summed E-state index contributed by atoms with van der Waals surface area (Å²) in [5.74, 6) is 0.0473. The van der Waals surface area contributed by atoms with Crippen LogP contribution in [0.5, 0.6) is 0 Å². The van der Waals surface area contributed by atoms with Crippen molar-refractivity contribution >= 4 is 11.6 Å². The highest BCUT2D eigenvalue weighted by Gasteiger charge is 2.28. The number of nitrogens with one attached hydrogen (secondary N) is 1. The van der Waals surface area contributed by atoms with Gasteiger partial charge >= 0.3 is 0 Å². The van der Waals surface area contributed by atoms with Gasteiger partial charge in [0.1, 0.15) is 5.82 Å². The summed E-state index contributed by atoms with van der Waals surface area (Å²) in [6, 6.07) is 4.66. The van der Waals surface area contributed by atoms with Crippen LogP contribution < -0.4 is 11.1 Å². The summed E-state index contributed by atoms with van der Waals surface area (Å²) >= 11 is 0. The molecule has 2 atom stereocenters. The Morgan fingerprint density at radius 3 is 3.00 bits per heavy atom. The number of nitrogens with two attached hydrogens (primary N) is 1. The highest BCUT2D eigenvalue weighted by atomic mass is 19.1. The van der Waals surface area contributed by atoms with E-state index in [0.717, 1.165) is 24.9 Å². The number of carbonyl (C=O) groups excluding carboxylic acids is 1. The summed E-state index contributed by atoms with van der Waals surface area (Å²) in [7, 11) is 0. The quantitative estimate of drug-likeness (QED) is 0.894. The summed E-state index contributed by atoms with van der Waals surface area (Å²) in [5.41, 5.74) is 7.22. The normalized spacial score (nSPS) is 23.0. The van der Waals surface area contributed by atoms with Gasteiger partial charge in [-0.3, -0.25) is 9.69 Å². The first kappa shape index (κ1) is 15.9. The molecule has 2 unspecified atom stereocenters. The molecule has 1 aromatic carbocycles. The van der Waals surface area contributed by atoms with E-state index in [1.165, 1.54) is 12.1 Å². The molecule has 3 N–H and O–H groups in total. The Labute approximate surface area is 125 Å². The molecule has 0 aliphatic carbocycles. The average molecular weight is 293 g/mol. The number of benzene rings is 1. The fourth-order valence-corrected chi connectivity index (χ4v) is 3.02. The minimum atomic E-state index is -0.345. The van der Waals surface area contributed by atoms with Crippen LogP contribution in [0.25, 0.3) is 0 Å². The van der Waals surface area contributed by atoms with Crippen LogP contribution in [0.1, 0.15) is 25.3 Å². The van der Waals surface area contributed by atoms with Gasteiger partial charge in [0.25, 0.3) is 0 Å². The van der Waals surface area contributed by atoms with Crippen LogP contribution >= 0.6 is 0 Å². The summed E-state index contributed by atoms with van der Waals surface area (Å²) in [5, 5.41) is 2.80. The Hall–Kier alpha value is -1.46. The lowest BCUT2D eigenvalue weighted by Gasteiger charge is -2.38. The number of piperidine rings is 1. The van der Waals surface area contributed by atoms with Crippen molar-refractivity contribution in [2.24, 2.45) is 11.7 Å². The second kappa shape index (κ2) is 7.00. The van der Waals surface area contributed by atoms with E-state index in [-0.39, 0.29) is 17.8 Å². The minimum Gasteiger partial charge on any atom is -0.329 e. The number of halogens is 1. The van der Waals surface area contributed by atoms with Crippen molar-refractivity contribution in [3.05, 3.63) is 29.6 Å². The number of hydrogen-bond acceptors (Lipinski definition) is 3. The van der Waals surface area contributed by atoms with Gasteiger partial charge in [-0.05, 0) is 49.9 Å². The van der Waals surface area contributed by atoms with Crippen LogP contribution in [0.15, 0.2) is 18.2 Å². The van der Waals surface area contributed by atoms with Crippen molar-refractivity contribution < 1.29 is 9.18 Å². The third-order valence-electron chi connectivity index (χ3n) is 4.29. The van der Waals surface area contributed by atoms with Gasteiger partial charge in [-0.1, -0.05) is 13.0 Å². The Kier molecular flexibility index (Phi) is 5.31. The number of hydrogen-bond donors (Lipinski definition) is 2. The number of amides is 1. The van der Waals surface area contributed by atoms with Crippen LogP contribution in [-0.4, -0.2) is 36.5 Å². The first-order valence-corrected chi connectivity index (χ1v) is 7.51. The predicted molar refractivity (Wildman–Crippen MR) is 82.6 cm³/mol. The van der Waals surface area contributed by atoms with Crippen molar-refractivity contribution in [1.82, 2.24) is 4.90 Å². The molecule has 4 nitrogen and oxygen atoms in total. The first-order valence-electron chi connectivity index (χ1n) is 7.51. The largest absolute Gasteiger partial charge is 0.329 e. The molecule has 0 spiro atoms. The van der Waals surface area contributed by atoms with E-state index >= 15 is 0 Å². The van der Waals surface area contributed by atoms with Gasteiger partial charge < -0.3 is 11.1 Å². The predicted octanol–water partition coefficient (Wildman–Crippen LogP) is 2.13. The van der Waals surface area contributed by atoms with Gasteiger partial charge in [-0.25, -0.2) is 4.39 Å². The number of carbonyl (C=O) groups is 1. The van der Waals surface area contributed by atoms with E-state index in [1.54, 1.807) is 6.07 Å². The highest BCUT2D eigenvalue weighted by Crippen LogP contribution is 2.22. The zero-order chi connectivity index (χ0) is 15.4. The SMILES string of the molecule is Cc1ccc(F)cc1NC(=O)CN1CCCC(C)C1CN. The van der Waals surface area contributed by atoms with Crippen LogP contribution in [0.3, 0.4) is 0 Å². The molecular formula is C16H24FN3O. The molecule has 1 aliphatic heterocycles. The summed E-state index contributed by atoms with van der Waals surface area (Å²) in [4.78, 5) is 14.3. The molecule has 0 radical (unpaired) electrons. The van der Waals surface area contributed by atoms with Crippen LogP contribution in [-0.2, 0) is 4.79 Å². The molecule has 1 aliphatic rings. The topological polar surface area (TPSA) is 58.4 Å². The molecule has 0 saturated carbocycles. The standard InChI is InChI=1S/C16H24FN3O/c1-11-5-6-13(17)8-14(11)19-16(21)10-20-7-3-4-12(2)15(20)9-18/h5-6,8,12,15H,3-4,7,9-10,18H2,1-2H3,(H,19,21). The number of aryl methyl sites for hydroxylation is 1. The highest BCUT2D eigenvalue weighted by molar-refractivity contribution is 5.93. The van der Waals surface area contributed by atoms with Gasteiger partial charge in [-0.15, -0.1) is 0 Å². The van der Waals surface area contributed by atoms with Crippen LogP contribution in [0.2, 0.25) is 0 Å². The smallest absolute Gasteiger partial charge is 0.238 e. The Balaban J connectivity index is 1.99. The molecule has 2 rings (SSSR count). The molecular weight excluding hydrogens is 269 g/mol. The number of rotatable bonds is 4. The maximum Gasteiger partial charge on any atom is 0.238 e. The van der Waals surface area contributed by atoms with Crippen molar-refractivity contribution in [3.63, 3.8) is 0 Å². The summed E-state index contributed by atoms with van der Waals surface area (Å²) in [6.07, 6.45) is 2.24. The zero-order valence-corrected chi connectivity index (χ0v) is 12.7. The number of anilines is 1. The van der Waals surface area contributed by atoms with E-state index in [1.807, 2.05) is 6.92 Å². The Morgan fingerprint density at radius 2 is 2.29 bits per heavy atom. The van der Waals surface area contributed by atoms with Gasteiger partial charge in [0.2, 0.25) is 5.91 Å². The zero-order valence-electron chi connectivity index (χ0n) is 12.7. The van der Waals surface area contributed by atoms with Crippen molar-refractivity contribution in [1.29, 1.82) is 0 Å². The lowest BCUT2D eigenvalue weighted by atomic mass is 9.91. The van der Waals surface area contributed by atoms with Crippen molar-refractivity contribution in [2.45, 2.75) is 32.7 Å². The van der Waals surface area contributed by atoms with Crippen molar-refractivity contribution in [2.75, 3.05) is 25.0 Å². The van der Waals surface area contributed by atoms with Gasteiger partial charge in [-0.2, -0.15) is 0 Å². The van der Waals surface area contributed by atoms with Crippen molar-refractivity contribution in [3.8, 4) is 0 Å². The fourth-order valence-electron chi connectivity index (χ4n) is 3.02. The van der Waals surface area contributed by atoms with E-state index in [9.17, 15) is 9.18 Å². The molecule has 1 saturated heterocycles. The second-order valence-corrected chi connectivity index (χ2v) is 5.90. The van der Waals surface area contributed by atoms with Gasteiger partial charge in [0, 0.05) is 18.3 Å². The molecule has 1 heterocycles. The molecule has 0 aromatic heterocycles. The summed E-state index contributed by atoms with van der Waals surface area (Å²) < 4.78 is 13.2. The first-order chi connectivity index (χ1) is 10.0. The molecule has 1 aromatic rings. The van der Waals surface area contributed by atoms with Crippen LogP contribution in [0, 0.1) is 18.7 Å². The van der Waals surface area contributed by atoms with Gasteiger partial charge in [0.05, 0.1) is 6.54 Å². The maximum absolute atomic E-state index is 13.2.